The molecule has 2 aromatic carbocycles. The molecule has 0 atom stereocenters. The first-order valence-corrected chi connectivity index (χ1v) is 7.28. The highest BCUT2D eigenvalue weighted by molar-refractivity contribution is 6.31. The number of hydrogen-bond acceptors (Lipinski definition) is 3. The Morgan fingerprint density at radius 3 is 2.50 bits per heavy atom. The zero-order valence-corrected chi connectivity index (χ0v) is 13.1. The number of rotatable bonds is 4. The smallest absolute Gasteiger partial charge is 0.275 e. The molecule has 0 aliphatic heterocycles. The Hall–Kier alpha value is -2.33. The third-order valence-corrected chi connectivity index (χ3v) is 3.33. The highest BCUT2D eigenvalue weighted by Crippen LogP contribution is 2.21. The Kier molecular flexibility index (Phi) is 5.17. The van der Waals surface area contributed by atoms with Gasteiger partial charge in [-0.1, -0.05) is 55.8 Å². The van der Waals surface area contributed by atoms with Crippen LogP contribution in [-0.2, 0) is 0 Å². The number of phenolic OH excluding ortho intramolecular Hbond substituents is 1. The van der Waals surface area contributed by atoms with Gasteiger partial charge in [0.05, 0.1) is 11.3 Å². The molecule has 0 heterocycles. The average molecular weight is 317 g/mol. The fourth-order valence-corrected chi connectivity index (χ4v) is 2.17. The summed E-state index contributed by atoms with van der Waals surface area (Å²) in [6, 6.07) is 13.9. The van der Waals surface area contributed by atoms with E-state index >= 15 is 0 Å². The van der Waals surface area contributed by atoms with Crippen molar-refractivity contribution in [2.75, 3.05) is 0 Å². The predicted molar refractivity (Wildman–Crippen MR) is 88.4 cm³/mol. The van der Waals surface area contributed by atoms with Gasteiger partial charge in [0, 0.05) is 5.02 Å². The Morgan fingerprint density at radius 1 is 1.18 bits per heavy atom. The minimum atomic E-state index is -0.505. The molecule has 0 fully saturated rings. The third-order valence-electron chi connectivity index (χ3n) is 3.10. The van der Waals surface area contributed by atoms with Crippen molar-refractivity contribution in [3.8, 4) is 5.75 Å². The molecule has 2 N–H and O–H groups in total. The first-order valence-electron chi connectivity index (χ1n) is 6.91. The Balaban J connectivity index is 2.24. The summed E-state index contributed by atoms with van der Waals surface area (Å²) in [5.74, 6) is -0.507. The summed E-state index contributed by atoms with van der Waals surface area (Å²) in [5.41, 5.74) is 4.27. The first-order chi connectivity index (χ1) is 10.5. The third kappa shape index (κ3) is 3.86. The summed E-state index contributed by atoms with van der Waals surface area (Å²) in [4.78, 5) is 12.1. The van der Waals surface area contributed by atoms with Crippen molar-refractivity contribution < 1.29 is 9.90 Å². The van der Waals surface area contributed by atoms with E-state index in [2.05, 4.69) is 10.5 Å². The number of halogens is 1. The zero-order chi connectivity index (χ0) is 16.1. The number of carbonyl (C=O) groups is 1. The second-order valence-corrected chi connectivity index (χ2v) is 5.56. The monoisotopic (exact) mass is 316 g/mol. The number of nitrogens with zero attached hydrogens (tertiary/aromatic N) is 1. The van der Waals surface area contributed by atoms with Crippen LogP contribution in [-0.4, -0.2) is 16.7 Å². The normalized spacial score (nSPS) is 11.5. The van der Waals surface area contributed by atoms with Crippen molar-refractivity contribution in [1.29, 1.82) is 0 Å². The standard InChI is InChI=1S/C17H17ClN2O2/c1-11(2)16(12-6-4-3-5-7-12)19-20-17(22)14-10-13(18)8-9-15(14)21/h3-11,21H,1-2H3,(H,20,22). The van der Waals surface area contributed by atoms with Crippen LogP contribution >= 0.6 is 11.6 Å². The van der Waals surface area contributed by atoms with E-state index in [4.69, 9.17) is 11.6 Å². The molecule has 2 aromatic rings. The van der Waals surface area contributed by atoms with Crippen LogP contribution < -0.4 is 5.43 Å². The SMILES string of the molecule is CC(C)C(=NNC(=O)c1cc(Cl)ccc1O)c1ccccc1. The topological polar surface area (TPSA) is 61.7 Å². The van der Waals surface area contributed by atoms with E-state index in [1.54, 1.807) is 0 Å². The number of benzene rings is 2. The van der Waals surface area contributed by atoms with Crippen molar-refractivity contribution in [1.82, 2.24) is 5.43 Å². The van der Waals surface area contributed by atoms with E-state index < -0.39 is 5.91 Å². The van der Waals surface area contributed by atoms with Crippen LogP contribution in [0, 0.1) is 5.92 Å². The van der Waals surface area contributed by atoms with E-state index in [-0.39, 0.29) is 17.2 Å². The maximum Gasteiger partial charge on any atom is 0.275 e. The molecule has 0 radical (unpaired) electrons. The zero-order valence-electron chi connectivity index (χ0n) is 12.4. The van der Waals surface area contributed by atoms with Crippen LogP contribution in [0.5, 0.6) is 5.75 Å². The lowest BCUT2D eigenvalue weighted by atomic mass is 10.0. The van der Waals surface area contributed by atoms with Gasteiger partial charge in [-0.2, -0.15) is 5.10 Å². The predicted octanol–water partition coefficient (Wildman–Crippen LogP) is 3.84. The maximum absolute atomic E-state index is 12.1. The number of aromatic hydroxyl groups is 1. The molecule has 0 saturated carbocycles. The van der Waals surface area contributed by atoms with E-state index in [0.717, 1.165) is 11.3 Å². The molecular formula is C17H17ClN2O2. The molecule has 0 aromatic heterocycles. The van der Waals surface area contributed by atoms with E-state index in [0.29, 0.717) is 5.02 Å². The van der Waals surface area contributed by atoms with Gasteiger partial charge in [-0.15, -0.1) is 0 Å². The number of phenols is 1. The molecule has 114 valence electrons. The lowest BCUT2D eigenvalue weighted by Gasteiger charge is -2.11. The number of hydrogen-bond donors (Lipinski definition) is 2. The van der Waals surface area contributed by atoms with Gasteiger partial charge in [0.25, 0.3) is 5.91 Å². The molecule has 22 heavy (non-hydrogen) atoms. The lowest BCUT2D eigenvalue weighted by molar-refractivity contribution is 0.0952. The highest BCUT2D eigenvalue weighted by Gasteiger charge is 2.13. The quantitative estimate of drug-likeness (QED) is 0.665. The maximum atomic E-state index is 12.1. The second-order valence-electron chi connectivity index (χ2n) is 5.12. The van der Waals surface area contributed by atoms with Crippen molar-refractivity contribution in [3.63, 3.8) is 0 Å². The van der Waals surface area contributed by atoms with Crippen LogP contribution in [0.1, 0.15) is 29.8 Å². The minimum Gasteiger partial charge on any atom is -0.507 e. The van der Waals surface area contributed by atoms with Crippen molar-refractivity contribution in [2.45, 2.75) is 13.8 Å². The molecule has 5 heteroatoms. The van der Waals surface area contributed by atoms with Gasteiger partial charge in [0.15, 0.2) is 0 Å². The van der Waals surface area contributed by atoms with Gasteiger partial charge in [-0.3, -0.25) is 4.79 Å². The molecule has 0 unspecified atom stereocenters. The average Bonchev–Trinajstić information content (AvgIpc) is 2.50. The van der Waals surface area contributed by atoms with Gasteiger partial charge < -0.3 is 5.11 Å². The lowest BCUT2D eigenvalue weighted by Crippen LogP contribution is -2.22. The first kappa shape index (κ1) is 16.0. The van der Waals surface area contributed by atoms with E-state index in [1.807, 2.05) is 44.2 Å². The molecule has 2 rings (SSSR count). The summed E-state index contributed by atoms with van der Waals surface area (Å²) < 4.78 is 0. The molecule has 0 spiro atoms. The fraction of sp³-hybridized carbons (Fsp3) is 0.176. The highest BCUT2D eigenvalue weighted by atomic mass is 35.5. The van der Waals surface area contributed by atoms with Crippen LogP contribution in [0.25, 0.3) is 0 Å². The van der Waals surface area contributed by atoms with Gasteiger partial charge >= 0.3 is 0 Å². The summed E-state index contributed by atoms with van der Waals surface area (Å²) >= 11 is 5.84. The van der Waals surface area contributed by atoms with Crippen LogP contribution in [0.15, 0.2) is 53.6 Å². The van der Waals surface area contributed by atoms with E-state index in [1.165, 1.54) is 18.2 Å². The van der Waals surface area contributed by atoms with Gasteiger partial charge in [-0.05, 0) is 29.7 Å². The van der Waals surface area contributed by atoms with Gasteiger partial charge in [-0.25, -0.2) is 5.43 Å². The number of amides is 1. The Bertz CT molecular complexity index is 697. The molecule has 0 bridgehead atoms. The van der Waals surface area contributed by atoms with Crippen LogP contribution in [0.2, 0.25) is 5.02 Å². The Labute approximate surface area is 134 Å². The van der Waals surface area contributed by atoms with Crippen LogP contribution in [0.3, 0.4) is 0 Å². The molecule has 0 aliphatic carbocycles. The van der Waals surface area contributed by atoms with Gasteiger partial charge in [0.2, 0.25) is 0 Å². The molecule has 4 nitrogen and oxygen atoms in total. The van der Waals surface area contributed by atoms with Crippen LogP contribution in [0.4, 0.5) is 0 Å². The van der Waals surface area contributed by atoms with Crippen molar-refractivity contribution in [3.05, 3.63) is 64.7 Å². The molecule has 1 amide bonds. The molecule has 0 aliphatic rings. The molecular weight excluding hydrogens is 300 g/mol. The summed E-state index contributed by atoms with van der Waals surface area (Å²) in [7, 11) is 0. The van der Waals surface area contributed by atoms with Crippen molar-refractivity contribution >= 4 is 23.2 Å². The fourth-order valence-electron chi connectivity index (χ4n) is 2.00. The summed E-state index contributed by atoms with van der Waals surface area (Å²) in [6.45, 7) is 3.99. The summed E-state index contributed by atoms with van der Waals surface area (Å²) in [5, 5.41) is 14.3. The Morgan fingerprint density at radius 2 is 1.86 bits per heavy atom. The number of nitrogens with one attached hydrogen (secondary N) is 1. The van der Waals surface area contributed by atoms with Gasteiger partial charge in [0.1, 0.15) is 5.75 Å². The number of hydrazone groups is 1. The summed E-state index contributed by atoms with van der Waals surface area (Å²) in [6.07, 6.45) is 0. The van der Waals surface area contributed by atoms with Crippen molar-refractivity contribution in [2.24, 2.45) is 11.0 Å². The minimum absolute atomic E-state index is 0.0902. The number of carbonyl (C=O) groups excluding carboxylic acids is 1. The van der Waals surface area contributed by atoms with E-state index in [9.17, 15) is 9.90 Å². The molecule has 0 saturated heterocycles. The second kappa shape index (κ2) is 7.09. The largest absolute Gasteiger partial charge is 0.507 e.